The Morgan fingerprint density at radius 2 is 2.21 bits per heavy atom. The van der Waals surface area contributed by atoms with Crippen LogP contribution in [0.4, 0.5) is 0 Å². The monoisotopic (exact) mass is 258 g/mol. The Morgan fingerprint density at radius 3 is 2.95 bits per heavy atom. The molecule has 0 atom stereocenters. The third-order valence-corrected chi connectivity index (χ3v) is 3.11. The van der Waals surface area contributed by atoms with E-state index in [-0.39, 0.29) is 0 Å². The quantitative estimate of drug-likeness (QED) is 0.582. The molecule has 2 aromatic rings. The number of aryl methyl sites for hydroxylation is 1. The van der Waals surface area contributed by atoms with Crippen LogP contribution in [0.2, 0.25) is 0 Å². The zero-order valence-corrected chi connectivity index (χ0v) is 11.8. The Bertz CT molecular complexity index is 581. The fourth-order valence-corrected chi connectivity index (χ4v) is 2.21. The molecule has 1 aromatic carbocycles. The molecular weight excluding hydrogens is 236 g/mol. The highest BCUT2D eigenvalue weighted by atomic mass is 15.1. The second-order valence-electron chi connectivity index (χ2n) is 5.13. The molecule has 1 heterocycles. The van der Waals surface area contributed by atoms with Crippen LogP contribution in [-0.4, -0.2) is 23.5 Å². The number of hydrogen-bond acceptors (Lipinski definition) is 1. The molecule has 4 N–H and O–H groups in total. The lowest BCUT2D eigenvalue weighted by Gasteiger charge is -2.08. The van der Waals surface area contributed by atoms with Crippen molar-refractivity contribution < 1.29 is 0 Å². The first-order valence-electron chi connectivity index (χ1n) is 6.70. The van der Waals surface area contributed by atoms with Crippen LogP contribution in [0.15, 0.2) is 29.4 Å². The number of H-pyrrole nitrogens is 1. The zero-order valence-electron chi connectivity index (χ0n) is 11.8. The Kier molecular flexibility index (Phi) is 4.10. The standard InChI is InChI=1S/C15H22N4/c1-10(2)19-15(16)17-8-7-12-9-18-14-11(3)5-4-6-13(12)14/h4-6,9-10,18H,7-8H2,1-3H3,(H3,16,17,19). The number of rotatable bonds is 4. The summed E-state index contributed by atoms with van der Waals surface area (Å²) < 4.78 is 0. The lowest BCUT2D eigenvalue weighted by molar-refractivity contribution is 0.723. The van der Waals surface area contributed by atoms with Crippen molar-refractivity contribution in [3.8, 4) is 0 Å². The van der Waals surface area contributed by atoms with E-state index < -0.39 is 0 Å². The van der Waals surface area contributed by atoms with Gasteiger partial charge in [0, 0.05) is 29.7 Å². The summed E-state index contributed by atoms with van der Waals surface area (Å²) in [6.45, 7) is 6.91. The minimum absolute atomic E-state index is 0.319. The third kappa shape index (κ3) is 3.28. The molecule has 0 aliphatic heterocycles. The number of aromatic amines is 1. The van der Waals surface area contributed by atoms with Gasteiger partial charge in [-0.25, -0.2) is 0 Å². The molecule has 0 amide bonds. The number of aromatic nitrogens is 1. The van der Waals surface area contributed by atoms with E-state index in [0.717, 1.165) is 6.42 Å². The Balaban J connectivity index is 2.05. The van der Waals surface area contributed by atoms with Crippen molar-refractivity contribution in [3.05, 3.63) is 35.5 Å². The van der Waals surface area contributed by atoms with Crippen molar-refractivity contribution in [2.24, 2.45) is 10.7 Å². The molecule has 0 aliphatic rings. The summed E-state index contributed by atoms with van der Waals surface area (Å²) in [6.07, 6.45) is 2.96. The van der Waals surface area contributed by atoms with Crippen LogP contribution in [0.1, 0.15) is 25.0 Å². The van der Waals surface area contributed by atoms with Crippen LogP contribution >= 0.6 is 0 Å². The maximum Gasteiger partial charge on any atom is 0.188 e. The van der Waals surface area contributed by atoms with E-state index in [2.05, 4.69) is 46.6 Å². The van der Waals surface area contributed by atoms with E-state index in [1.807, 2.05) is 13.8 Å². The SMILES string of the molecule is Cc1cccc2c(CCN=C(N)NC(C)C)c[nH]c12. The largest absolute Gasteiger partial charge is 0.370 e. The van der Waals surface area contributed by atoms with Gasteiger partial charge in [-0.2, -0.15) is 0 Å². The van der Waals surface area contributed by atoms with Crippen molar-refractivity contribution in [2.45, 2.75) is 33.2 Å². The van der Waals surface area contributed by atoms with E-state index >= 15 is 0 Å². The van der Waals surface area contributed by atoms with E-state index in [1.54, 1.807) is 0 Å². The molecule has 1 aromatic heterocycles. The molecule has 0 aliphatic carbocycles. The van der Waals surface area contributed by atoms with Crippen molar-refractivity contribution >= 4 is 16.9 Å². The summed E-state index contributed by atoms with van der Waals surface area (Å²) in [4.78, 5) is 7.67. The molecule has 0 bridgehead atoms. The maximum absolute atomic E-state index is 5.78. The lowest BCUT2D eigenvalue weighted by Crippen LogP contribution is -2.36. The van der Waals surface area contributed by atoms with Crippen molar-refractivity contribution in [3.63, 3.8) is 0 Å². The molecule has 4 heteroatoms. The van der Waals surface area contributed by atoms with Crippen LogP contribution in [0, 0.1) is 6.92 Å². The van der Waals surface area contributed by atoms with Gasteiger partial charge in [0.05, 0.1) is 0 Å². The molecule has 102 valence electrons. The molecule has 0 spiro atoms. The number of nitrogens with zero attached hydrogens (tertiary/aromatic N) is 1. The van der Waals surface area contributed by atoms with Crippen molar-refractivity contribution in [1.82, 2.24) is 10.3 Å². The topological polar surface area (TPSA) is 66.2 Å². The highest BCUT2D eigenvalue weighted by Gasteiger charge is 2.04. The normalized spacial score (nSPS) is 12.3. The van der Waals surface area contributed by atoms with Crippen LogP contribution in [0.5, 0.6) is 0 Å². The van der Waals surface area contributed by atoms with E-state index in [9.17, 15) is 0 Å². The fourth-order valence-electron chi connectivity index (χ4n) is 2.21. The molecule has 19 heavy (non-hydrogen) atoms. The average molecular weight is 258 g/mol. The molecule has 2 rings (SSSR count). The number of nitrogens with two attached hydrogens (primary N) is 1. The summed E-state index contributed by atoms with van der Waals surface area (Å²) in [5.74, 6) is 0.519. The molecule has 0 saturated carbocycles. The Hall–Kier alpha value is -1.97. The summed E-state index contributed by atoms with van der Waals surface area (Å²) in [7, 11) is 0. The zero-order chi connectivity index (χ0) is 13.8. The van der Waals surface area contributed by atoms with Gasteiger partial charge in [0.2, 0.25) is 0 Å². The van der Waals surface area contributed by atoms with Crippen LogP contribution in [0.25, 0.3) is 10.9 Å². The smallest absolute Gasteiger partial charge is 0.188 e. The fraction of sp³-hybridized carbons (Fsp3) is 0.400. The summed E-state index contributed by atoms with van der Waals surface area (Å²) >= 11 is 0. The summed E-state index contributed by atoms with van der Waals surface area (Å²) in [6, 6.07) is 6.67. The molecule has 0 fully saturated rings. The number of nitrogens with one attached hydrogen (secondary N) is 2. The Morgan fingerprint density at radius 1 is 1.42 bits per heavy atom. The number of fused-ring (bicyclic) bond motifs is 1. The predicted molar refractivity (Wildman–Crippen MR) is 81.5 cm³/mol. The minimum Gasteiger partial charge on any atom is -0.370 e. The first-order valence-corrected chi connectivity index (χ1v) is 6.70. The van der Waals surface area contributed by atoms with Gasteiger partial charge in [-0.1, -0.05) is 18.2 Å². The van der Waals surface area contributed by atoms with Gasteiger partial charge < -0.3 is 16.0 Å². The number of hydrogen-bond donors (Lipinski definition) is 3. The molecule has 0 saturated heterocycles. The van der Waals surface area contributed by atoms with Crippen LogP contribution in [0.3, 0.4) is 0 Å². The lowest BCUT2D eigenvalue weighted by atomic mass is 10.1. The first-order chi connectivity index (χ1) is 9.08. The van der Waals surface area contributed by atoms with Gasteiger partial charge in [-0.15, -0.1) is 0 Å². The molecular formula is C15H22N4. The maximum atomic E-state index is 5.78. The van der Waals surface area contributed by atoms with Crippen LogP contribution in [-0.2, 0) is 6.42 Å². The van der Waals surface area contributed by atoms with E-state index in [1.165, 1.54) is 22.0 Å². The highest BCUT2D eigenvalue weighted by Crippen LogP contribution is 2.21. The van der Waals surface area contributed by atoms with Crippen molar-refractivity contribution in [1.29, 1.82) is 0 Å². The second kappa shape index (κ2) is 5.78. The minimum atomic E-state index is 0.319. The van der Waals surface area contributed by atoms with Gasteiger partial charge >= 0.3 is 0 Å². The summed E-state index contributed by atoms with van der Waals surface area (Å²) in [5.41, 5.74) is 9.56. The predicted octanol–water partition coefficient (Wildman–Crippen LogP) is 2.33. The van der Waals surface area contributed by atoms with Gasteiger partial charge in [0.25, 0.3) is 0 Å². The van der Waals surface area contributed by atoms with E-state index in [0.29, 0.717) is 18.5 Å². The first kappa shape index (κ1) is 13.5. The van der Waals surface area contributed by atoms with E-state index in [4.69, 9.17) is 5.73 Å². The van der Waals surface area contributed by atoms with Crippen molar-refractivity contribution in [2.75, 3.05) is 6.54 Å². The van der Waals surface area contributed by atoms with Crippen LogP contribution < -0.4 is 11.1 Å². The molecule has 0 radical (unpaired) electrons. The third-order valence-electron chi connectivity index (χ3n) is 3.11. The number of benzene rings is 1. The number of aliphatic imine (C=N–C) groups is 1. The average Bonchev–Trinajstić information content (AvgIpc) is 2.73. The van der Waals surface area contributed by atoms with Gasteiger partial charge in [-0.05, 0) is 38.3 Å². The Labute approximate surface area is 114 Å². The summed E-state index contributed by atoms with van der Waals surface area (Å²) in [5, 5.41) is 4.37. The van der Waals surface area contributed by atoms with Gasteiger partial charge in [0.15, 0.2) is 5.96 Å². The van der Waals surface area contributed by atoms with Gasteiger partial charge in [-0.3, -0.25) is 4.99 Å². The van der Waals surface area contributed by atoms with Gasteiger partial charge in [0.1, 0.15) is 0 Å². The molecule has 4 nitrogen and oxygen atoms in total. The number of guanidine groups is 1. The highest BCUT2D eigenvalue weighted by molar-refractivity contribution is 5.86. The molecule has 0 unspecified atom stereocenters. The second-order valence-corrected chi connectivity index (χ2v) is 5.13. The number of para-hydroxylation sites is 1.